The van der Waals surface area contributed by atoms with Crippen LogP contribution < -0.4 is 0 Å². The molecule has 1 heterocycles. The zero-order valence-electron chi connectivity index (χ0n) is 30.9. The molecule has 8 aromatic carbocycles. The van der Waals surface area contributed by atoms with Crippen LogP contribution in [0.25, 0.3) is 67.5 Å². The van der Waals surface area contributed by atoms with E-state index < -0.39 is 5.41 Å². The van der Waals surface area contributed by atoms with Crippen LogP contribution in [0.15, 0.2) is 206 Å². The SMILES string of the molecule is N#Cc1ccc(-c2ccc(-c3ccc(-c4nc(-c5ccccc5)nc(-c5ccccc5)n4)cc3)c3c2C(c2ccccc2)(c2ccccc2)c2ccccc2-3)cc1. The van der Waals surface area contributed by atoms with Crippen LogP contribution in [0.2, 0.25) is 0 Å². The van der Waals surface area contributed by atoms with E-state index in [0.29, 0.717) is 23.0 Å². The first-order chi connectivity index (χ1) is 28.2. The lowest BCUT2D eigenvalue weighted by Crippen LogP contribution is -2.29. The first-order valence-corrected chi connectivity index (χ1v) is 19.1. The Bertz CT molecular complexity index is 2820. The summed E-state index contributed by atoms with van der Waals surface area (Å²) < 4.78 is 0. The number of aromatic nitrogens is 3. The van der Waals surface area contributed by atoms with E-state index in [9.17, 15) is 5.26 Å². The molecule has 0 atom stereocenters. The quantitative estimate of drug-likeness (QED) is 0.164. The van der Waals surface area contributed by atoms with Gasteiger partial charge in [0, 0.05) is 16.7 Å². The van der Waals surface area contributed by atoms with Crippen LogP contribution in [-0.4, -0.2) is 15.0 Å². The third-order valence-corrected chi connectivity index (χ3v) is 11.1. The molecular weight excluding hydrogens is 693 g/mol. The number of fused-ring (bicyclic) bond motifs is 3. The number of rotatable bonds is 7. The van der Waals surface area contributed by atoms with Crippen molar-refractivity contribution in [2.45, 2.75) is 5.41 Å². The Labute approximate surface area is 332 Å². The van der Waals surface area contributed by atoms with E-state index >= 15 is 0 Å². The minimum Gasteiger partial charge on any atom is -0.208 e. The van der Waals surface area contributed by atoms with E-state index in [0.717, 1.165) is 38.9 Å². The molecule has 1 aliphatic rings. The summed E-state index contributed by atoms with van der Waals surface area (Å²) in [6.07, 6.45) is 0. The fourth-order valence-corrected chi connectivity index (χ4v) is 8.52. The third kappa shape index (κ3) is 5.73. The van der Waals surface area contributed by atoms with Gasteiger partial charge in [-0.15, -0.1) is 0 Å². The molecule has 0 fully saturated rings. The second-order valence-electron chi connectivity index (χ2n) is 14.2. The smallest absolute Gasteiger partial charge is 0.164 e. The van der Waals surface area contributed by atoms with Gasteiger partial charge in [0.25, 0.3) is 0 Å². The molecule has 0 saturated carbocycles. The molecule has 57 heavy (non-hydrogen) atoms. The molecule has 0 saturated heterocycles. The molecule has 0 amide bonds. The second kappa shape index (κ2) is 14.2. The van der Waals surface area contributed by atoms with E-state index in [4.69, 9.17) is 15.0 Å². The summed E-state index contributed by atoms with van der Waals surface area (Å²) in [6, 6.07) is 74.2. The van der Waals surface area contributed by atoms with Crippen molar-refractivity contribution < 1.29 is 0 Å². The van der Waals surface area contributed by atoms with Crippen molar-refractivity contribution in [1.29, 1.82) is 5.26 Å². The van der Waals surface area contributed by atoms with Gasteiger partial charge in [0.2, 0.25) is 0 Å². The summed E-state index contributed by atoms with van der Waals surface area (Å²) in [5.41, 5.74) is 14.5. The molecule has 1 aliphatic carbocycles. The van der Waals surface area contributed by atoms with Gasteiger partial charge >= 0.3 is 0 Å². The van der Waals surface area contributed by atoms with Crippen LogP contribution in [0.1, 0.15) is 27.8 Å². The van der Waals surface area contributed by atoms with Crippen molar-refractivity contribution in [3.05, 3.63) is 234 Å². The zero-order chi connectivity index (χ0) is 38.2. The first kappa shape index (κ1) is 33.8. The minimum atomic E-state index is -0.611. The largest absolute Gasteiger partial charge is 0.208 e. The molecule has 0 aliphatic heterocycles. The van der Waals surface area contributed by atoms with Crippen LogP contribution in [0.3, 0.4) is 0 Å². The Balaban J connectivity index is 1.20. The average Bonchev–Trinajstić information content (AvgIpc) is 3.62. The van der Waals surface area contributed by atoms with Crippen LogP contribution in [0.5, 0.6) is 0 Å². The van der Waals surface area contributed by atoms with Crippen LogP contribution in [0.4, 0.5) is 0 Å². The molecule has 4 nitrogen and oxygen atoms in total. The van der Waals surface area contributed by atoms with Crippen molar-refractivity contribution >= 4 is 0 Å². The maximum absolute atomic E-state index is 9.68. The lowest BCUT2D eigenvalue weighted by atomic mass is 9.66. The number of hydrogen-bond donors (Lipinski definition) is 0. The summed E-state index contributed by atoms with van der Waals surface area (Å²) in [7, 11) is 0. The van der Waals surface area contributed by atoms with E-state index in [1.165, 1.54) is 33.4 Å². The Morgan fingerprint density at radius 3 is 1.28 bits per heavy atom. The van der Waals surface area contributed by atoms with Gasteiger partial charge in [-0.2, -0.15) is 5.26 Å². The highest BCUT2D eigenvalue weighted by Crippen LogP contribution is 2.60. The molecule has 0 radical (unpaired) electrons. The fourth-order valence-electron chi connectivity index (χ4n) is 8.52. The molecular formula is C53H34N4. The zero-order valence-corrected chi connectivity index (χ0v) is 30.9. The lowest BCUT2D eigenvalue weighted by molar-refractivity contribution is 0.770. The molecule has 0 spiro atoms. The maximum Gasteiger partial charge on any atom is 0.164 e. The number of nitrogens with zero attached hydrogens (tertiary/aromatic N) is 4. The van der Waals surface area contributed by atoms with Gasteiger partial charge in [0.1, 0.15) is 0 Å². The van der Waals surface area contributed by atoms with Gasteiger partial charge in [0.15, 0.2) is 17.5 Å². The molecule has 0 unspecified atom stereocenters. The summed E-state index contributed by atoms with van der Waals surface area (Å²) in [6.45, 7) is 0. The van der Waals surface area contributed by atoms with Crippen LogP contribution >= 0.6 is 0 Å². The Kier molecular flexibility index (Phi) is 8.39. The van der Waals surface area contributed by atoms with Crippen LogP contribution in [0, 0.1) is 11.3 Å². The molecule has 0 bridgehead atoms. The Morgan fingerprint density at radius 1 is 0.351 bits per heavy atom. The van der Waals surface area contributed by atoms with Crippen LogP contribution in [-0.2, 0) is 5.41 Å². The lowest BCUT2D eigenvalue weighted by Gasteiger charge is -2.35. The molecule has 10 rings (SSSR count). The molecule has 9 aromatic rings. The predicted molar refractivity (Wildman–Crippen MR) is 229 cm³/mol. The summed E-state index contributed by atoms with van der Waals surface area (Å²) in [4.78, 5) is 14.9. The Morgan fingerprint density at radius 2 is 0.754 bits per heavy atom. The highest BCUT2D eigenvalue weighted by molar-refractivity contribution is 6.00. The topological polar surface area (TPSA) is 62.5 Å². The molecule has 4 heteroatoms. The molecule has 1 aromatic heterocycles. The van der Waals surface area contributed by atoms with Gasteiger partial charge in [-0.3, -0.25) is 0 Å². The standard InChI is InChI=1S/C53H34N4/c54-35-36-25-27-38(28-26-36)45-34-33-44(48-46-23-13-14-24-47(46)53(49(45)48,42-19-9-3-10-20-42)43-21-11-4-12-22-43)37-29-31-41(32-30-37)52-56-50(39-15-5-1-6-16-39)55-51(57-52)40-17-7-2-8-18-40/h1-34H. The average molecular weight is 727 g/mol. The van der Waals surface area contributed by atoms with Gasteiger partial charge < -0.3 is 0 Å². The van der Waals surface area contributed by atoms with Gasteiger partial charge in [-0.05, 0) is 67.8 Å². The Hall–Kier alpha value is -7.74. The predicted octanol–water partition coefficient (Wildman–Crippen LogP) is 12.4. The highest BCUT2D eigenvalue weighted by atomic mass is 15.0. The summed E-state index contributed by atoms with van der Waals surface area (Å²) in [5, 5.41) is 9.68. The normalized spacial score (nSPS) is 12.3. The van der Waals surface area contributed by atoms with E-state index in [2.05, 4.69) is 140 Å². The highest BCUT2D eigenvalue weighted by Gasteiger charge is 2.48. The maximum atomic E-state index is 9.68. The van der Waals surface area contributed by atoms with Gasteiger partial charge in [-0.25, -0.2) is 15.0 Å². The van der Waals surface area contributed by atoms with E-state index in [-0.39, 0.29) is 0 Å². The van der Waals surface area contributed by atoms with Crippen molar-refractivity contribution in [1.82, 2.24) is 15.0 Å². The number of nitriles is 1. The van der Waals surface area contributed by atoms with Crippen molar-refractivity contribution in [3.63, 3.8) is 0 Å². The van der Waals surface area contributed by atoms with Crippen molar-refractivity contribution in [2.75, 3.05) is 0 Å². The number of hydrogen-bond acceptors (Lipinski definition) is 4. The van der Waals surface area contributed by atoms with Crippen molar-refractivity contribution in [3.8, 4) is 73.6 Å². The summed E-state index contributed by atoms with van der Waals surface area (Å²) >= 11 is 0. The number of benzene rings is 8. The van der Waals surface area contributed by atoms with Crippen molar-refractivity contribution in [2.24, 2.45) is 0 Å². The van der Waals surface area contributed by atoms with Gasteiger partial charge in [0.05, 0.1) is 17.0 Å². The second-order valence-corrected chi connectivity index (χ2v) is 14.2. The fraction of sp³-hybridized carbons (Fsp3) is 0.0189. The summed E-state index contributed by atoms with van der Waals surface area (Å²) in [5.74, 6) is 1.89. The van der Waals surface area contributed by atoms with E-state index in [1.807, 2.05) is 72.8 Å². The third-order valence-electron chi connectivity index (χ3n) is 11.1. The van der Waals surface area contributed by atoms with Gasteiger partial charge in [-0.1, -0.05) is 194 Å². The first-order valence-electron chi connectivity index (χ1n) is 19.1. The van der Waals surface area contributed by atoms with E-state index in [1.54, 1.807) is 0 Å². The monoisotopic (exact) mass is 726 g/mol. The molecule has 0 N–H and O–H groups in total. The molecule has 266 valence electrons. The minimum absolute atomic E-state index is 0.611.